The molecule has 4 atom stereocenters. The minimum absolute atomic E-state index is 0.0995. The Kier molecular flexibility index (Phi) is 10.2. The number of carboxylic acids is 1. The number of rotatable bonds is 13. The zero-order valence-corrected chi connectivity index (χ0v) is 17.2. The van der Waals surface area contributed by atoms with Crippen LogP contribution >= 0.6 is 0 Å². The molecule has 156 valence electrons. The van der Waals surface area contributed by atoms with Gasteiger partial charge in [0.2, 0.25) is 0 Å². The zero-order valence-electron chi connectivity index (χ0n) is 17.2. The molecule has 1 rings (SSSR count). The van der Waals surface area contributed by atoms with Gasteiger partial charge in [0.05, 0.1) is 12.2 Å². The predicted molar refractivity (Wildman–Crippen MR) is 106 cm³/mol. The summed E-state index contributed by atoms with van der Waals surface area (Å²) in [5.41, 5.74) is -0.223. The Labute approximate surface area is 163 Å². The number of hydrogen-bond acceptors (Lipinski definition) is 4. The Balaban J connectivity index is 2.55. The highest BCUT2D eigenvalue weighted by molar-refractivity contribution is 5.84. The molecule has 0 aliphatic heterocycles. The van der Waals surface area contributed by atoms with Crippen LogP contribution in [0.3, 0.4) is 0 Å². The van der Waals surface area contributed by atoms with Gasteiger partial charge < -0.3 is 15.3 Å². The molecule has 4 unspecified atom stereocenters. The summed E-state index contributed by atoms with van der Waals surface area (Å²) < 4.78 is 0. The first-order chi connectivity index (χ1) is 12.7. The lowest BCUT2D eigenvalue weighted by Crippen LogP contribution is -2.28. The SMILES string of the molecule is CCCCC(C)(C)C(O)/C=C/C1C(O)CC(=O)C1CCCCCCC(=O)O. The number of hydrogen-bond donors (Lipinski definition) is 3. The lowest BCUT2D eigenvalue weighted by Gasteiger charge is -2.29. The van der Waals surface area contributed by atoms with Gasteiger partial charge in [-0.15, -0.1) is 0 Å². The first-order valence-corrected chi connectivity index (χ1v) is 10.5. The smallest absolute Gasteiger partial charge is 0.303 e. The molecule has 1 saturated carbocycles. The third kappa shape index (κ3) is 8.14. The summed E-state index contributed by atoms with van der Waals surface area (Å²) in [7, 11) is 0. The fourth-order valence-corrected chi connectivity index (χ4v) is 3.86. The molecule has 1 aliphatic rings. The van der Waals surface area contributed by atoms with E-state index in [1.54, 1.807) is 6.08 Å². The highest BCUT2D eigenvalue weighted by Crippen LogP contribution is 2.35. The van der Waals surface area contributed by atoms with Crippen molar-refractivity contribution in [1.82, 2.24) is 0 Å². The molecule has 1 aliphatic carbocycles. The third-order valence-corrected chi connectivity index (χ3v) is 5.88. The number of carboxylic acid groups (broad SMARTS) is 1. The van der Waals surface area contributed by atoms with Crippen LogP contribution in [0.1, 0.15) is 85.0 Å². The molecule has 0 radical (unpaired) electrons. The molecule has 0 spiro atoms. The number of Topliss-reactive ketones (excluding diaryl/α,β-unsaturated/α-hetero) is 1. The Bertz CT molecular complexity index is 497. The molecule has 0 aromatic carbocycles. The number of aliphatic carboxylic acids is 1. The minimum Gasteiger partial charge on any atom is -0.481 e. The Morgan fingerprint density at radius 3 is 2.52 bits per heavy atom. The standard InChI is InChI=1S/C22H38O5/c1-4-5-14-22(2,3)20(25)13-12-17-16(18(23)15-19(17)24)10-8-6-7-9-11-21(26)27/h12-13,16-17,19-20,24-25H,4-11,14-15H2,1-3H3,(H,26,27)/b13-12+. The molecule has 0 saturated heterocycles. The van der Waals surface area contributed by atoms with Gasteiger partial charge in [0, 0.05) is 24.7 Å². The quantitative estimate of drug-likeness (QED) is 0.329. The summed E-state index contributed by atoms with van der Waals surface area (Å²) in [5.74, 6) is -1.09. The van der Waals surface area contributed by atoms with Crippen LogP contribution in [-0.4, -0.2) is 39.3 Å². The van der Waals surface area contributed by atoms with Crippen LogP contribution in [0.2, 0.25) is 0 Å². The predicted octanol–water partition coefficient (Wildman–Crippen LogP) is 4.11. The number of aliphatic hydroxyl groups is 2. The maximum absolute atomic E-state index is 12.3. The van der Waals surface area contributed by atoms with Gasteiger partial charge >= 0.3 is 5.97 Å². The second-order valence-corrected chi connectivity index (χ2v) is 8.69. The Morgan fingerprint density at radius 1 is 1.22 bits per heavy atom. The third-order valence-electron chi connectivity index (χ3n) is 5.88. The number of ketones is 1. The van der Waals surface area contributed by atoms with E-state index in [2.05, 4.69) is 6.92 Å². The summed E-state index contributed by atoms with van der Waals surface area (Å²) in [5, 5.41) is 29.4. The number of carbonyl (C=O) groups excluding carboxylic acids is 1. The topological polar surface area (TPSA) is 94.8 Å². The number of carbonyl (C=O) groups is 2. The van der Waals surface area contributed by atoms with Gasteiger partial charge in [0.15, 0.2) is 0 Å². The normalized spacial score (nSPS) is 24.6. The molecule has 0 aromatic heterocycles. The summed E-state index contributed by atoms with van der Waals surface area (Å²) in [6.45, 7) is 6.22. The molecule has 0 heterocycles. The summed E-state index contributed by atoms with van der Waals surface area (Å²) in [6, 6.07) is 0. The van der Waals surface area contributed by atoms with Gasteiger partial charge in [-0.25, -0.2) is 0 Å². The first-order valence-electron chi connectivity index (χ1n) is 10.5. The second-order valence-electron chi connectivity index (χ2n) is 8.69. The van der Waals surface area contributed by atoms with Crippen molar-refractivity contribution in [3.63, 3.8) is 0 Å². The van der Waals surface area contributed by atoms with Crippen molar-refractivity contribution < 1.29 is 24.9 Å². The highest BCUT2D eigenvalue weighted by atomic mass is 16.4. The summed E-state index contributed by atoms with van der Waals surface area (Å²) in [6.07, 6.45) is 9.80. The molecular formula is C22H38O5. The van der Waals surface area contributed by atoms with E-state index >= 15 is 0 Å². The van der Waals surface area contributed by atoms with Gasteiger partial charge in [-0.2, -0.15) is 0 Å². The first kappa shape index (κ1) is 23.8. The van der Waals surface area contributed by atoms with Crippen LogP contribution in [-0.2, 0) is 9.59 Å². The molecule has 0 bridgehead atoms. The minimum atomic E-state index is -0.769. The lowest BCUT2D eigenvalue weighted by molar-refractivity contribution is -0.137. The fourth-order valence-electron chi connectivity index (χ4n) is 3.86. The monoisotopic (exact) mass is 382 g/mol. The van der Waals surface area contributed by atoms with E-state index in [4.69, 9.17) is 5.11 Å². The van der Waals surface area contributed by atoms with E-state index in [1.165, 1.54) is 0 Å². The van der Waals surface area contributed by atoms with E-state index in [9.17, 15) is 19.8 Å². The van der Waals surface area contributed by atoms with E-state index in [-0.39, 0.29) is 35.9 Å². The summed E-state index contributed by atoms with van der Waals surface area (Å²) >= 11 is 0. The van der Waals surface area contributed by atoms with E-state index in [1.807, 2.05) is 19.9 Å². The maximum Gasteiger partial charge on any atom is 0.303 e. The van der Waals surface area contributed by atoms with Crippen LogP contribution in [0.5, 0.6) is 0 Å². The van der Waals surface area contributed by atoms with E-state index < -0.39 is 18.2 Å². The molecule has 5 heteroatoms. The molecule has 5 nitrogen and oxygen atoms in total. The summed E-state index contributed by atoms with van der Waals surface area (Å²) in [4.78, 5) is 22.8. The molecule has 3 N–H and O–H groups in total. The van der Waals surface area contributed by atoms with Crippen LogP contribution in [0.25, 0.3) is 0 Å². The van der Waals surface area contributed by atoms with Crippen molar-refractivity contribution in [1.29, 1.82) is 0 Å². The largest absolute Gasteiger partial charge is 0.481 e. The molecule has 1 fully saturated rings. The maximum atomic E-state index is 12.3. The van der Waals surface area contributed by atoms with E-state index in [0.717, 1.165) is 38.5 Å². The van der Waals surface area contributed by atoms with Crippen LogP contribution in [0.15, 0.2) is 12.2 Å². The van der Waals surface area contributed by atoms with Gasteiger partial charge in [0.25, 0.3) is 0 Å². The van der Waals surface area contributed by atoms with Crippen molar-refractivity contribution in [2.75, 3.05) is 0 Å². The highest BCUT2D eigenvalue weighted by Gasteiger charge is 2.39. The van der Waals surface area contributed by atoms with Crippen molar-refractivity contribution in [2.24, 2.45) is 17.3 Å². The van der Waals surface area contributed by atoms with Crippen molar-refractivity contribution in [3.05, 3.63) is 12.2 Å². The fraction of sp³-hybridized carbons (Fsp3) is 0.818. The number of aliphatic hydroxyl groups excluding tert-OH is 2. The Morgan fingerprint density at radius 2 is 1.89 bits per heavy atom. The van der Waals surface area contributed by atoms with Crippen molar-refractivity contribution >= 4 is 11.8 Å². The Hall–Kier alpha value is -1.20. The van der Waals surface area contributed by atoms with Crippen LogP contribution in [0, 0.1) is 17.3 Å². The zero-order chi connectivity index (χ0) is 20.4. The molecular weight excluding hydrogens is 344 g/mol. The molecule has 27 heavy (non-hydrogen) atoms. The van der Waals surface area contributed by atoms with E-state index in [0.29, 0.717) is 12.8 Å². The van der Waals surface area contributed by atoms with Gasteiger partial charge in [-0.3, -0.25) is 9.59 Å². The average molecular weight is 383 g/mol. The van der Waals surface area contributed by atoms with Crippen molar-refractivity contribution in [3.8, 4) is 0 Å². The second kappa shape index (κ2) is 11.6. The van der Waals surface area contributed by atoms with Gasteiger partial charge in [-0.1, -0.05) is 65.0 Å². The van der Waals surface area contributed by atoms with Crippen LogP contribution in [0.4, 0.5) is 0 Å². The van der Waals surface area contributed by atoms with Crippen molar-refractivity contribution in [2.45, 2.75) is 97.2 Å². The van der Waals surface area contributed by atoms with Gasteiger partial charge in [0.1, 0.15) is 5.78 Å². The molecule has 0 amide bonds. The molecule has 0 aromatic rings. The average Bonchev–Trinajstić information content (AvgIpc) is 2.86. The van der Waals surface area contributed by atoms with Gasteiger partial charge in [-0.05, 0) is 24.7 Å². The lowest BCUT2D eigenvalue weighted by atomic mass is 9.80. The van der Waals surface area contributed by atoms with Crippen LogP contribution < -0.4 is 0 Å². The number of unbranched alkanes of at least 4 members (excludes halogenated alkanes) is 4.